The third kappa shape index (κ3) is 3.70. The van der Waals surface area contributed by atoms with Crippen molar-refractivity contribution in [3.8, 4) is 5.75 Å². The number of aromatic nitrogens is 2. The molecule has 10 atom stereocenters. The van der Waals surface area contributed by atoms with Crippen LogP contribution < -0.4 is 4.74 Å². The third-order valence-corrected chi connectivity index (χ3v) is 15.1. The number of hydrogen-bond donors (Lipinski definition) is 0. The van der Waals surface area contributed by atoms with E-state index in [-0.39, 0.29) is 17.7 Å². The van der Waals surface area contributed by atoms with E-state index in [1.54, 1.807) is 18.7 Å². The lowest BCUT2D eigenvalue weighted by atomic mass is 9.62. The first-order chi connectivity index (χ1) is 24.1. The molecule has 11 rings (SSSR count). The molecule has 3 fully saturated rings. The minimum Gasteiger partial charge on any atom is -0.500 e. The summed E-state index contributed by atoms with van der Waals surface area (Å²) < 4.78 is 24.8. The van der Waals surface area contributed by atoms with Crippen molar-refractivity contribution >= 4 is 27.6 Å². The van der Waals surface area contributed by atoms with Gasteiger partial charge in [-0.05, 0) is 93.8 Å². The lowest BCUT2D eigenvalue weighted by Crippen LogP contribution is -2.64. The number of piperidine rings is 2. The van der Waals surface area contributed by atoms with Crippen LogP contribution in [0.2, 0.25) is 0 Å². The highest BCUT2D eigenvalue weighted by Crippen LogP contribution is 2.58. The molecule has 0 radical (unpaired) electrons. The fraction of sp³-hybridized carbons (Fsp3) is 0.548. The molecule has 4 bridgehead atoms. The van der Waals surface area contributed by atoms with Crippen molar-refractivity contribution in [2.24, 2.45) is 43.7 Å². The summed E-state index contributed by atoms with van der Waals surface area (Å²) in [6.45, 7) is 5.34. The highest BCUT2D eigenvalue weighted by atomic mass is 16.7. The molecule has 3 saturated heterocycles. The maximum Gasteiger partial charge on any atom is 0.211 e. The predicted molar refractivity (Wildman–Crippen MR) is 192 cm³/mol. The molecule has 0 amide bonds. The van der Waals surface area contributed by atoms with Crippen molar-refractivity contribution in [1.82, 2.24) is 18.9 Å². The highest BCUT2D eigenvalue weighted by molar-refractivity contribution is 5.94. The van der Waals surface area contributed by atoms with Crippen LogP contribution in [0.15, 0.2) is 48.2 Å². The quantitative estimate of drug-likeness (QED) is 0.239. The number of carbonyl (C=O) groups excluding carboxylic acids is 1. The molecule has 2 aromatic heterocycles. The van der Waals surface area contributed by atoms with E-state index in [1.807, 2.05) is 0 Å². The number of fused-ring (bicyclic) bond motifs is 19. The van der Waals surface area contributed by atoms with Gasteiger partial charge in [0.2, 0.25) is 5.79 Å². The Morgan fingerprint density at radius 3 is 2.28 bits per heavy atom. The van der Waals surface area contributed by atoms with Gasteiger partial charge in [0.05, 0.1) is 37.1 Å². The number of Topliss-reactive ketones (excluding diaryl/α,β-unsaturated/α-hetero) is 1. The molecule has 8 heteroatoms. The van der Waals surface area contributed by atoms with Crippen molar-refractivity contribution in [3.05, 3.63) is 76.3 Å². The van der Waals surface area contributed by atoms with Crippen LogP contribution in [0.4, 0.5) is 0 Å². The predicted octanol–water partition coefficient (Wildman–Crippen LogP) is 6.24. The van der Waals surface area contributed by atoms with Crippen LogP contribution in [-0.2, 0) is 47.6 Å². The normalized spacial score (nSPS) is 37.0. The Labute approximate surface area is 293 Å². The molecule has 50 heavy (non-hydrogen) atoms. The summed E-state index contributed by atoms with van der Waals surface area (Å²) in [5.41, 5.74) is 10.8. The Morgan fingerprint density at radius 2 is 1.50 bits per heavy atom. The van der Waals surface area contributed by atoms with Gasteiger partial charge in [0, 0.05) is 90.2 Å². The first-order valence-corrected chi connectivity index (χ1v) is 18.9. The van der Waals surface area contributed by atoms with E-state index in [1.165, 1.54) is 44.3 Å². The average Bonchev–Trinajstić information content (AvgIpc) is 3.52. The maximum absolute atomic E-state index is 12.7. The Bertz CT molecular complexity index is 2180. The molecule has 260 valence electrons. The number of carbonyl (C=O) groups is 1. The van der Waals surface area contributed by atoms with Crippen molar-refractivity contribution < 1.29 is 19.0 Å². The summed E-state index contributed by atoms with van der Waals surface area (Å²) in [6.07, 6.45) is 6.88. The zero-order valence-corrected chi connectivity index (χ0v) is 30.1. The maximum atomic E-state index is 12.7. The number of nitrogens with zero attached hydrogens (tertiary/aromatic N) is 4. The van der Waals surface area contributed by atoms with Gasteiger partial charge in [-0.25, -0.2) is 0 Å². The van der Waals surface area contributed by atoms with Crippen molar-refractivity contribution in [3.63, 3.8) is 0 Å². The average molecular weight is 673 g/mol. The summed E-state index contributed by atoms with van der Waals surface area (Å²) in [5.74, 6) is 2.37. The second-order valence-electron chi connectivity index (χ2n) is 17.0. The molecule has 2 aromatic carbocycles. The van der Waals surface area contributed by atoms with Gasteiger partial charge in [0.1, 0.15) is 5.75 Å². The van der Waals surface area contributed by atoms with Crippen LogP contribution in [0.25, 0.3) is 21.8 Å². The van der Waals surface area contributed by atoms with Crippen LogP contribution >= 0.6 is 0 Å². The molecular weight excluding hydrogens is 624 g/mol. The van der Waals surface area contributed by atoms with Gasteiger partial charge < -0.3 is 23.3 Å². The molecule has 0 spiro atoms. The SMILES string of the molecule is CC(=O)C1=COC[C@@H]2[C@H]1C[C@H]1c3c(c4cc5c(cc4n3C)O[C@]3(C)OC[C@@H]4[C@@H](C[C@H]6c7c(c8ccccc8n7C)C[C@@H]4N6C)[C@@H]3C5)C[C@@H]2N1C. The van der Waals surface area contributed by atoms with Gasteiger partial charge in [-0.3, -0.25) is 14.6 Å². The molecule has 8 nitrogen and oxygen atoms in total. The second kappa shape index (κ2) is 10.0. The first-order valence-electron chi connectivity index (χ1n) is 18.9. The van der Waals surface area contributed by atoms with Gasteiger partial charge in [-0.1, -0.05) is 18.2 Å². The van der Waals surface area contributed by atoms with Crippen LogP contribution in [0, 0.1) is 29.6 Å². The van der Waals surface area contributed by atoms with Crippen molar-refractivity contribution in [1.29, 1.82) is 0 Å². The number of aryl methyl sites for hydroxylation is 2. The largest absolute Gasteiger partial charge is 0.500 e. The minimum absolute atomic E-state index is 0.148. The highest BCUT2D eigenvalue weighted by Gasteiger charge is 2.58. The molecule has 0 saturated carbocycles. The van der Waals surface area contributed by atoms with E-state index in [0.717, 1.165) is 50.0 Å². The number of likely N-dealkylation sites (N-methyl/N-ethyl adjacent to an activating group) is 2. The topological polar surface area (TPSA) is 61.1 Å². The zero-order valence-electron chi connectivity index (χ0n) is 30.1. The molecular formula is C42H48N4O4. The summed E-state index contributed by atoms with van der Waals surface area (Å²) in [4.78, 5) is 17.9. The Balaban J connectivity index is 0.975. The van der Waals surface area contributed by atoms with E-state index in [2.05, 4.69) is 90.4 Å². The lowest BCUT2D eigenvalue weighted by Gasteiger charge is -2.59. The fourth-order valence-electron chi connectivity index (χ4n) is 12.7. The summed E-state index contributed by atoms with van der Waals surface area (Å²) >= 11 is 0. The fourth-order valence-corrected chi connectivity index (χ4v) is 12.7. The molecule has 0 aliphatic carbocycles. The van der Waals surface area contributed by atoms with E-state index in [4.69, 9.17) is 14.2 Å². The number of allylic oxidation sites excluding steroid dienone is 1. The zero-order chi connectivity index (χ0) is 34.0. The monoisotopic (exact) mass is 672 g/mol. The van der Waals surface area contributed by atoms with Crippen LogP contribution in [0.1, 0.15) is 66.9 Å². The number of ketones is 1. The van der Waals surface area contributed by atoms with Gasteiger partial charge in [0.25, 0.3) is 0 Å². The first kappa shape index (κ1) is 30.1. The number of benzene rings is 2. The van der Waals surface area contributed by atoms with Gasteiger partial charge >= 0.3 is 0 Å². The smallest absolute Gasteiger partial charge is 0.211 e. The summed E-state index contributed by atoms with van der Waals surface area (Å²) in [5, 5.41) is 2.80. The lowest BCUT2D eigenvalue weighted by molar-refractivity contribution is -0.280. The van der Waals surface area contributed by atoms with Crippen molar-refractivity contribution in [2.75, 3.05) is 27.3 Å². The molecule has 4 aromatic rings. The molecule has 0 N–H and O–H groups in total. The summed E-state index contributed by atoms with van der Waals surface area (Å²) in [6, 6.07) is 15.3. The minimum atomic E-state index is -0.638. The van der Waals surface area contributed by atoms with E-state index in [0.29, 0.717) is 48.4 Å². The van der Waals surface area contributed by atoms with Crippen LogP contribution in [-0.4, -0.2) is 69.9 Å². The Morgan fingerprint density at radius 1 is 0.800 bits per heavy atom. The van der Waals surface area contributed by atoms with Crippen molar-refractivity contribution in [2.45, 2.75) is 75.9 Å². The standard InChI is InChI=1S/C42H48N4O4/c1-21(47)29-18-48-19-30-24(29)13-37-41-28(16-34(30)43(37)3)26-11-22-12-32-25-14-38-40-27(23-9-7-8-10-33(23)45(40)5)15-35(44(38)4)31(25)20-49-42(32,2)50-39(22)17-36(26)46(41)6/h7-11,17-18,24-25,30-32,34-35,37-38H,12-16,19-20H2,1-6H3/t24-,25+,30+,31+,32-,34-,35-,37-,38-,42-/m0/s1. The number of ether oxygens (including phenoxy) is 3. The number of para-hydroxylation sites is 1. The molecule has 7 aliphatic heterocycles. The van der Waals surface area contributed by atoms with Gasteiger partial charge in [0.15, 0.2) is 5.78 Å². The third-order valence-electron chi connectivity index (χ3n) is 15.1. The van der Waals surface area contributed by atoms with Crippen LogP contribution in [0.3, 0.4) is 0 Å². The Kier molecular flexibility index (Phi) is 6.04. The van der Waals surface area contributed by atoms with Gasteiger partial charge in [-0.15, -0.1) is 0 Å². The molecule has 7 aliphatic rings. The Hall–Kier alpha value is -3.59. The summed E-state index contributed by atoms with van der Waals surface area (Å²) in [7, 11) is 9.14. The van der Waals surface area contributed by atoms with Gasteiger partial charge in [-0.2, -0.15) is 0 Å². The van der Waals surface area contributed by atoms with E-state index >= 15 is 0 Å². The van der Waals surface area contributed by atoms with E-state index in [9.17, 15) is 4.79 Å². The second-order valence-corrected chi connectivity index (χ2v) is 17.0. The molecule has 0 unspecified atom stereocenters. The van der Waals surface area contributed by atoms with Crippen LogP contribution in [0.5, 0.6) is 5.75 Å². The molecule has 9 heterocycles. The van der Waals surface area contributed by atoms with E-state index < -0.39 is 5.79 Å². The number of rotatable bonds is 1. The number of hydrogen-bond acceptors (Lipinski definition) is 6.